The number of rotatable bonds is 5. The molecule has 0 bridgehead atoms. The minimum Gasteiger partial charge on any atom is -0.507 e. The highest BCUT2D eigenvalue weighted by Gasteiger charge is 2.29. The molecule has 2 rings (SSSR count). The van der Waals surface area contributed by atoms with E-state index in [9.17, 15) is 24.8 Å². The van der Waals surface area contributed by atoms with Gasteiger partial charge < -0.3 is 25.4 Å². The molecule has 1 aromatic carbocycles. The van der Waals surface area contributed by atoms with Crippen LogP contribution < -0.4 is 10.6 Å². The Balaban J connectivity index is 2.02. The van der Waals surface area contributed by atoms with Gasteiger partial charge >= 0.3 is 6.09 Å². The second-order valence-corrected chi connectivity index (χ2v) is 7.89. The number of nitrogens with one attached hydrogen (secondary N) is 2. The molecular weight excluding hydrogens is 380 g/mol. The SMILES string of the molecule is CCNc1cc(O)c(C(=O)NC2CCN(C(=O)OC(C)(C)C)CC2)cc1[N+](=O)[O-]. The van der Waals surface area contributed by atoms with Crippen LogP contribution in [0.15, 0.2) is 12.1 Å². The van der Waals surface area contributed by atoms with Gasteiger partial charge in [-0.2, -0.15) is 0 Å². The van der Waals surface area contributed by atoms with E-state index in [1.165, 1.54) is 6.07 Å². The average molecular weight is 408 g/mol. The van der Waals surface area contributed by atoms with Crippen LogP contribution in [0.3, 0.4) is 0 Å². The minimum absolute atomic E-state index is 0.150. The lowest BCUT2D eigenvalue weighted by atomic mass is 10.0. The number of amides is 2. The number of carbonyl (C=O) groups excluding carboxylic acids is 2. The number of benzene rings is 1. The second-order valence-electron chi connectivity index (χ2n) is 7.89. The Labute approximate surface area is 169 Å². The third-order valence-electron chi connectivity index (χ3n) is 4.40. The Kier molecular flexibility index (Phi) is 6.89. The molecule has 0 spiro atoms. The Morgan fingerprint density at radius 1 is 1.31 bits per heavy atom. The van der Waals surface area contributed by atoms with Gasteiger partial charge in [0.1, 0.15) is 17.0 Å². The van der Waals surface area contributed by atoms with Gasteiger partial charge in [-0.25, -0.2) is 4.79 Å². The zero-order valence-electron chi connectivity index (χ0n) is 17.2. The Morgan fingerprint density at radius 3 is 2.45 bits per heavy atom. The number of likely N-dealkylation sites (tertiary alicyclic amines) is 1. The van der Waals surface area contributed by atoms with Gasteiger partial charge in [-0.05, 0) is 40.5 Å². The maximum atomic E-state index is 12.6. The van der Waals surface area contributed by atoms with Crippen molar-refractivity contribution in [3.05, 3.63) is 27.8 Å². The Hall–Kier alpha value is -3.04. The summed E-state index contributed by atoms with van der Waals surface area (Å²) >= 11 is 0. The van der Waals surface area contributed by atoms with E-state index in [-0.39, 0.29) is 28.7 Å². The predicted octanol–water partition coefficient (Wildman–Crippen LogP) is 2.86. The number of phenolic OH excluding ortho intramolecular Hbond substituents is 1. The molecule has 1 aromatic rings. The van der Waals surface area contributed by atoms with Crippen LogP contribution in [-0.4, -0.2) is 58.2 Å². The van der Waals surface area contributed by atoms with Gasteiger partial charge in [0.2, 0.25) is 0 Å². The summed E-state index contributed by atoms with van der Waals surface area (Å²) in [6.45, 7) is 8.43. The smallest absolute Gasteiger partial charge is 0.410 e. The van der Waals surface area contributed by atoms with Crippen molar-refractivity contribution in [1.82, 2.24) is 10.2 Å². The van der Waals surface area contributed by atoms with Gasteiger partial charge in [0, 0.05) is 37.8 Å². The van der Waals surface area contributed by atoms with Crippen LogP contribution in [0.1, 0.15) is 50.9 Å². The van der Waals surface area contributed by atoms with Crippen molar-refractivity contribution < 1.29 is 24.4 Å². The quantitative estimate of drug-likeness (QED) is 0.504. The first-order chi connectivity index (χ1) is 13.5. The Morgan fingerprint density at radius 2 is 1.93 bits per heavy atom. The Bertz CT molecular complexity index is 782. The van der Waals surface area contributed by atoms with E-state index in [0.29, 0.717) is 32.5 Å². The number of nitro benzene ring substituents is 1. The molecule has 1 saturated heterocycles. The number of piperidine rings is 1. The van der Waals surface area contributed by atoms with Crippen molar-refractivity contribution in [2.45, 2.75) is 52.2 Å². The van der Waals surface area contributed by atoms with Crippen LogP contribution in [-0.2, 0) is 4.74 Å². The summed E-state index contributed by atoms with van der Waals surface area (Å²) in [5.74, 6) is -0.931. The standard InChI is InChI=1S/C19H28N4O6/c1-5-20-14-11-16(24)13(10-15(14)23(27)28)17(25)21-12-6-8-22(9-7-12)18(26)29-19(2,3)4/h10-12,20,24H,5-9H2,1-4H3,(H,21,25). The highest BCUT2D eigenvalue weighted by atomic mass is 16.6. The minimum atomic E-state index is -0.604. The summed E-state index contributed by atoms with van der Waals surface area (Å²) in [4.78, 5) is 36.9. The van der Waals surface area contributed by atoms with Gasteiger partial charge in [-0.3, -0.25) is 14.9 Å². The second kappa shape index (κ2) is 8.97. The first kappa shape index (κ1) is 22.3. The number of anilines is 1. The molecule has 0 unspecified atom stereocenters. The van der Waals surface area contributed by atoms with Crippen molar-refractivity contribution in [2.75, 3.05) is 25.0 Å². The largest absolute Gasteiger partial charge is 0.507 e. The van der Waals surface area contributed by atoms with Gasteiger partial charge in [0.25, 0.3) is 11.6 Å². The third kappa shape index (κ3) is 5.97. The fourth-order valence-electron chi connectivity index (χ4n) is 3.04. The molecule has 1 aliphatic rings. The monoisotopic (exact) mass is 408 g/mol. The molecule has 0 aromatic heterocycles. The molecule has 2 amide bonds. The van der Waals surface area contributed by atoms with E-state index in [1.807, 2.05) is 0 Å². The summed E-state index contributed by atoms with van der Waals surface area (Å²) in [6.07, 6.45) is 0.640. The van der Waals surface area contributed by atoms with Gasteiger partial charge in [-0.15, -0.1) is 0 Å². The molecule has 1 fully saturated rings. The number of ether oxygens (including phenoxy) is 1. The number of nitro groups is 1. The maximum absolute atomic E-state index is 12.6. The average Bonchev–Trinajstić information content (AvgIpc) is 2.60. The summed E-state index contributed by atoms with van der Waals surface area (Å²) in [5.41, 5.74) is -0.868. The van der Waals surface area contributed by atoms with E-state index < -0.39 is 22.5 Å². The molecule has 10 heteroatoms. The van der Waals surface area contributed by atoms with Crippen molar-refractivity contribution in [3.63, 3.8) is 0 Å². The topological polar surface area (TPSA) is 134 Å². The molecule has 1 aliphatic heterocycles. The summed E-state index contributed by atoms with van der Waals surface area (Å²) in [5, 5.41) is 27.0. The van der Waals surface area contributed by atoms with Crippen LogP contribution in [0.2, 0.25) is 0 Å². The maximum Gasteiger partial charge on any atom is 0.410 e. The fourth-order valence-corrected chi connectivity index (χ4v) is 3.04. The van der Waals surface area contributed by atoms with Gasteiger partial charge in [0.15, 0.2) is 0 Å². The number of hydrogen-bond acceptors (Lipinski definition) is 7. The lowest BCUT2D eigenvalue weighted by Gasteiger charge is -2.33. The zero-order chi connectivity index (χ0) is 21.8. The zero-order valence-corrected chi connectivity index (χ0v) is 17.2. The lowest BCUT2D eigenvalue weighted by Crippen LogP contribution is -2.47. The van der Waals surface area contributed by atoms with Crippen molar-refractivity contribution >= 4 is 23.4 Å². The molecule has 29 heavy (non-hydrogen) atoms. The van der Waals surface area contributed by atoms with E-state index >= 15 is 0 Å². The third-order valence-corrected chi connectivity index (χ3v) is 4.40. The molecule has 0 atom stereocenters. The number of aromatic hydroxyl groups is 1. The number of hydrogen-bond donors (Lipinski definition) is 3. The first-order valence-corrected chi connectivity index (χ1v) is 9.56. The van der Waals surface area contributed by atoms with Gasteiger partial charge in [-0.1, -0.05) is 0 Å². The molecule has 0 saturated carbocycles. The first-order valence-electron chi connectivity index (χ1n) is 9.56. The molecule has 10 nitrogen and oxygen atoms in total. The van der Waals surface area contributed by atoms with Crippen molar-refractivity contribution in [2.24, 2.45) is 0 Å². The van der Waals surface area contributed by atoms with Crippen molar-refractivity contribution in [3.8, 4) is 5.75 Å². The highest BCUT2D eigenvalue weighted by molar-refractivity contribution is 5.98. The summed E-state index contributed by atoms with van der Waals surface area (Å²) in [6, 6.07) is 2.04. The molecule has 1 heterocycles. The molecule has 0 radical (unpaired) electrons. The number of nitrogens with zero attached hydrogens (tertiary/aromatic N) is 2. The molecular formula is C19H28N4O6. The molecule has 0 aliphatic carbocycles. The summed E-state index contributed by atoms with van der Waals surface area (Å²) < 4.78 is 5.34. The van der Waals surface area contributed by atoms with Crippen molar-refractivity contribution in [1.29, 1.82) is 0 Å². The van der Waals surface area contributed by atoms with E-state index in [1.54, 1.807) is 32.6 Å². The van der Waals surface area contributed by atoms with E-state index in [0.717, 1.165) is 6.07 Å². The van der Waals surface area contributed by atoms with Crippen LogP contribution in [0.25, 0.3) is 0 Å². The van der Waals surface area contributed by atoms with Crippen LogP contribution in [0.4, 0.5) is 16.2 Å². The normalized spacial score (nSPS) is 15.0. The highest BCUT2D eigenvalue weighted by Crippen LogP contribution is 2.32. The van der Waals surface area contributed by atoms with Gasteiger partial charge in [0.05, 0.1) is 10.5 Å². The predicted molar refractivity (Wildman–Crippen MR) is 107 cm³/mol. The van der Waals surface area contributed by atoms with E-state index in [4.69, 9.17) is 4.74 Å². The van der Waals surface area contributed by atoms with Crippen LogP contribution in [0, 0.1) is 10.1 Å². The molecule has 160 valence electrons. The summed E-state index contributed by atoms with van der Waals surface area (Å²) in [7, 11) is 0. The van der Waals surface area contributed by atoms with Crippen LogP contribution >= 0.6 is 0 Å². The molecule has 3 N–H and O–H groups in total. The number of carbonyl (C=O) groups is 2. The van der Waals surface area contributed by atoms with Crippen LogP contribution in [0.5, 0.6) is 5.75 Å². The lowest BCUT2D eigenvalue weighted by molar-refractivity contribution is -0.384. The van der Waals surface area contributed by atoms with E-state index in [2.05, 4.69) is 10.6 Å². The fraction of sp³-hybridized carbons (Fsp3) is 0.579. The number of phenols is 1.